The zero-order valence-electron chi connectivity index (χ0n) is 16.0. The first-order chi connectivity index (χ1) is 14.1. The number of tetrazole rings is 1. The second-order valence-corrected chi connectivity index (χ2v) is 7.19. The summed E-state index contributed by atoms with van der Waals surface area (Å²) >= 11 is 5.89. The number of para-hydroxylation sites is 1. The van der Waals surface area contributed by atoms with Gasteiger partial charge in [0.1, 0.15) is 5.75 Å². The van der Waals surface area contributed by atoms with Crippen molar-refractivity contribution in [2.45, 2.75) is 13.0 Å². The van der Waals surface area contributed by atoms with Gasteiger partial charge in [0.15, 0.2) is 6.10 Å². The second kappa shape index (κ2) is 8.48. The zero-order chi connectivity index (χ0) is 20.2. The van der Waals surface area contributed by atoms with Gasteiger partial charge in [0.05, 0.1) is 5.69 Å². The van der Waals surface area contributed by atoms with E-state index in [1.807, 2.05) is 35.2 Å². The van der Waals surface area contributed by atoms with Crippen molar-refractivity contribution in [2.75, 3.05) is 31.1 Å². The first-order valence-electron chi connectivity index (χ1n) is 9.41. The van der Waals surface area contributed by atoms with Crippen LogP contribution in [0.5, 0.6) is 5.75 Å². The molecule has 1 aliphatic rings. The van der Waals surface area contributed by atoms with Crippen LogP contribution in [-0.2, 0) is 4.79 Å². The highest BCUT2D eigenvalue weighted by Gasteiger charge is 2.28. The van der Waals surface area contributed by atoms with Gasteiger partial charge in [0.2, 0.25) is 5.95 Å². The molecule has 1 saturated heterocycles. The smallest absolute Gasteiger partial charge is 0.263 e. The monoisotopic (exact) mass is 412 g/mol. The third kappa shape index (κ3) is 4.32. The van der Waals surface area contributed by atoms with Crippen molar-refractivity contribution in [2.24, 2.45) is 0 Å². The predicted octanol–water partition coefficient (Wildman–Crippen LogP) is 2.43. The zero-order valence-corrected chi connectivity index (χ0v) is 16.7. The van der Waals surface area contributed by atoms with E-state index in [1.54, 1.807) is 35.9 Å². The van der Waals surface area contributed by atoms with Crippen LogP contribution >= 0.6 is 11.6 Å². The van der Waals surface area contributed by atoms with Gasteiger partial charge in [-0.05, 0) is 53.7 Å². The largest absolute Gasteiger partial charge is 0.481 e. The lowest BCUT2D eigenvalue weighted by atomic mass is 10.2. The van der Waals surface area contributed by atoms with Crippen LogP contribution in [0.4, 0.5) is 5.95 Å². The number of hydrogen-bond acceptors (Lipinski definition) is 6. The van der Waals surface area contributed by atoms with Gasteiger partial charge in [0, 0.05) is 31.2 Å². The minimum absolute atomic E-state index is 0.0396. The van der Waals surface area contributed by atoms with E-state index in [9.17, 15) is 4.79 Å². The van der Waals surface area contributed by atoms with Gasteiger partial charge < -0.3 is 14.5 Å². The maximum absolute atomic E-state index is 12.8. The fourth-order valence-corrected chi connectivity index (χ4v) is 3.39. The van der Waals surface area contributed by atoms with Crippen molar-refractivity contribution in [1.29, 1.82) is 0 Å². The van der Waals surface area contributed by atoms with Crippen molar-refractivity contribution in [1.82, 2.24) is 25.1 Å². The molecule has 0 saturated carbocycles. The summed E-state index contributed by atoms with van der Waals surface area (Å²) in [4.78, 5) is 16.7. The number of benzene rings is 2. The summed E-state index contributed by atoms with van der Waals surface area (Å²) in [7, 11) is 0. The number of hydrogen-bond donors (Lipinski definition) is 0. The SMILES string of the molecule is CC(Oc1ccc(Cl)cc1)C(=O)N1CCN(c2nnnn2-c2ccccc2)CC1. The molecule has 0 N–H and O–H groups in total. The van der Waals surface area contributed by atoms with Crippen LogP contribution in [0.2, 0.25) is 5.02 Å². The quantitative estimate of drug-likeness (QED) is 0.640. The van der Waals surface area contributed by atoms with Crippen molar-refractivity contribution < 1.29 is 9.53 Å². The lowest BCUT2D eigenvalue weighted by Gasteiger charge is -2.35. The van der Waals surface area contributed by atoms with E-state index < -0.39 is 6.10 Å². The normalized spacial score (nSPS) is 15.2. The molecule has 0 bridgehead atoms. The molecular weight excluding hydrogens is 392 g/mol. The van der Waals surface area contributed by atoms with Crippen LogP contribution < -0.4 is 9.64 Å². The summed E-state index contributed by atoms with van der Waals surface area (Å²) in [5.41, 5.74) is 0.899. The third-order valence-corrected chi connectivity index (χ3v) is 5.05. The highest BCUT2D eigenvalue weighted by atomic mass is 35.5. The molecule has 9 heteroatoms. The number of nitrogens with zero attached hydrogens (tertiary/aromatic N) is 6. The van der Waals surface area contributed by atoms with E-state index in [0.717, 1.165) is 5.69 Å². The number of rotatable bonds is 5. The van der Waals surface area contributed by atoms with E-state index in [1.165, 1.54) is 0 Å². The molecule has 1 aromatic heterocycles. The Balaban J connectivity index is 1.37. The lowest BCUT2D eigenvalue weighted by molar-refractivity contribution is -0.138. The Morgan fingerprint density at radius 3 is 2.41 bits per heavy atom. The fraction of sp³-hybridized carbons (Fsp3) is 0.300. The van der Waals surface area contributed by atoms with Gasteiger partial charge in [-0.25, -0.2) is 0 Å². The summed E-state index contributed by atoms with van der Waals surface area (Å²) in [5.74, 6) is 1.26. The van der Waals surface area contributed by atoms with Crippen molar-refractivity contribution in [3.05, 3.63) is 59.6 Å². The highest BCUT2D eigenvalue weighted by Crippen LogP contribution is 2.19. The molecule has 1 fully saturated rings. The van der Waals surface area contributed by atoms with Crippen LogP contribution in [0, 0.1) is 0 Å². The number of carbonyl (C=O) groups excluding carboxylic acids is 1. The van der Waals surface area contributed by atoms with Crippen LogP contribution in [0.1, 0.15) is 6.92 Å². The van der Waals surface area contributed by atoms with E-state index in [0.29, 0.717) is 42.9 Å². The maximum atomic E-state index is 12.8. The molecule has 1 amide bonds. The molecule has 4 rings (SSSR count). The number of aromatic nitrogens is 4. The topological polar surface area (TPSA) is 76.4 Å². The molecule has 2 aromatic carbocycles. The predicted molar refractivity (Wildman–Crippen MR) is 109 cm³/mol. The summed E-state index contributed by atoms with van der Waals surface area (Å²) < 4.78 is 7.47. The van der Waals surface area contributed by atoms with E-state index in [4.69, 9.17) is 16.3 Å². The Kier molecular flexibility index (Phi) is 5.62. The second-order valence-electron chi connectivity index (χ2n) is 6.75. The summed E-state index contributed by atoms with van der Waals surface area (Å²) in [6, 6.07) is 16.7. The number of amides is 1. The number of halogens is 1. The lowest BCUT2D eigenvalue weighted by Crippen LogP contribution is -2.52. The fourth-order valence-electron chi connectivity index (χ4n) is 3.27. The molecule has 0 radical (unpaired) electrons. The first-order valence-corrected chi connectivity index (χ1v) is 9.79. The molecule has 3 aromatic rings. The summed E-state index contributed by atoms with van der Waals surface area (Å²) in [5, 5.41) is 12.7. The Hall–Kier alpha value is -3.13. The third-order valence-electron chi connectivity index (χ3n) is 4.80. The van der Waals surface area contributed by atoms with Gasteiger partial charge in [-0.2, -0.15) is 4.68 Å². The number of carbonyl (C=O) groups is 1. The van der Waals surface area contributed by atoms with Gasteiger partial charge in [-0.1, -0.05) is 34.9 Å². The molecule has 8 nitrogen and oxygen atoms in total. The molecule has 1 aliphatic heterocycles. The highest BCUT2D eigenvalue weighted by molar-refractivity contribution is 6.30. The number of piperazine rings is 1. The minimum atomic E-state index is -0.572. The Bertz CT molecular complexity index is 955. The summed E-state index contributed by atoms with van der Waals surface area (Å²) in [6.07, 6.45) is -0.572. The van der Waals surface area contributed by atoms with E-state index in [-0.39, 0.29) is 5.91 Å². The number of anilines is 1. The summed E-state index contributed by atoms with van der Waals surface area (Å²) in [6.45, 7) is 4.21. The van der Waals surface area contributed by atoms with Crippen molar-refractivity contribution >= 4 is 23.5 Å². The maximum Gasteiger partial charge on any atom is 0.263 e. The Morgan fingerprint density at radius 2 is 1.72 bits per heavy atom. The Labute approximate surface area is 173 Å². The minimum Gasteiger partial charge on any atom is -0.481 e. The molecule has 2 heterocycles. The van der Waals surface area contributed by atoms with Crippen LogP contribution in [-0.4, -0.2) is 63.3 Å². The van der Waals surface area contributed by atoms with Crippen LogP contribution in [0.3, 0.4) is 0 Å². The standard InChI is InChI=1S/C20H21ClN6O2/c1-15(29-18-9-7-16(21)8-10-18)19(28)25-11-13-26(14-12-25)20-22-23-24-27(20)17-5-3-2-4-6-17/h2-10,15H,11-14H2,1H3. The molecule has 29 heavy (non-hydrogen) atoms. The molecule has 0 aliphatic carbocycles. The number of ether oxygens (including phenoxy) is 1. The molecule has 1 atom stereocenters. The van der Waals surface area contributed by atoms with Crippen LogP contribution in [0.15, 0.2) is 54.6 Å². The average molecular weight is 413 g/mol. The van der Waals surface area contributed by atoms with Gasteiger partial charge in [0.25, 0.3) is 5.91 Å². The van der Waals surface area contributed by atoms with Crippen molar-refractivity contribution in [3.63, 3.8) is 0 Å². The van der Waals surface area contributed by atoms with E-state index >= 15 is 0 Å². The molecular formula is C20H21ClN6O2. The van der Waals surface area contributed by atoms with E-state index in [2.05, 4.69) is 20.4 Å². The van der Waals surface area contributed by atoms with Gasteiger partial charge in [-0.3, -0.25) is 4.79 Å². The molecule has 1 unspecified atom stereocenters. The Morgan fingerprint density at radius 1 is 1.03 bits per heavy atom. The van der Waals surface area contributed by atoms with Crippen molar-refractivity contribution in [3.8, 4) is 11.4 Å². The van der Waals surface area contributed by atoms with Gasteiger partial charge >= 0.3 is 0 Å². The molecule has 150 valence electrons. The molecule has 0 spiro atoms. The van der Waals surface area contributed by atoms with Crippen LogP contribution in [0.25, 0.3) is 5.69 Å². The van der Waals surface area contributed by atoms with Gasteiger partial charge in [-0.15, -0.1) is 0 Å². The first kappa shape index (κ1) is 19.2. The average Bonchev–Trinajstić information content (AvgIpc) is 3.25.